The fraction of sp³-hybridized carbons (Fsp3) is 0.500. The smallest absolute Gasteiger partial charge is 0.126 e. The van der Waals surface area contributed by atoms with Crippen molar-refractivity contribution in [2.75, 3.05) is 31.5 Å². The lowest BCUT2D eigenvalue weighted by atomic mass is 10.3. The number of rotatable bonds is 6. The first-order valence-electron chi connectivity index (χ1n) is 5.58. The first-order valence-corrected chi connectivity index (χ1v) is 5.95. The monoisotopic (exact) mass is 244 g/mol. The zero-order valence-electron chi connectivity index (χ0n) is 9.76. The Labute approximate surface area is 101 Å². The fourth-order valence-corrected chi connectivity index (χ4v) is 1.78. The molecule has 0 atom stereocenters. The highest BCUT2D eigenvalue weighted by molar-refractivity contribution is 6.30. The Hall–Kier alpha value is -0.800. The Morgan fingerprint density at radius 3 is 2.50 bits per heavy atom. The van der Waals surface area contributed by atoms with Gasteiger partial charge in [0.2, 0.25) is 0 Å². The summed E-state index contributed by atoms with van der Waals surface area (Å²) in [5, 5.41) is 3.58. The van der Waals surface area contributed by atoms with Gasteiger partial charge in [-0.2, -0.15) is 0 Å². The molecule has 1 rings (SSSR count). The van der Waals surface area contributed by atoms with E-state index in [1.165, 1.54) is 12.1 Å². The maximum absolute atomic E-state index is 13.0. The predicted molar refractivity (Wildman–Crippen MR) is 67.7 cm³/mol. The number of nitrogens with zero attached hydrogens (tertiary/aromatic N) is 1. The molecule has 1 aromatic carbocycles. The number of likely N-dealkylation sites (N-methyl/N-ethyl adjacent to an activating group) is 1. The van der Waals surface area contributed by atoms with E-state index >= 15 is 0 Å². The number of benzene rings is 1. The second-order valence-electron chi connectivity index (χ2n) is 3.61. The Morgan fingerprint density at radius 1 is 1.25 bits per heavy atom. The number of hydrogen-bond donors (Lipinski definition) is 1. The molecular formula is C12H18ClFN2. The summed E-state index contributed by atoms with van der Waals surface area (Å²) in [6, 6.07) is 4.48. The fourth-order valence-electron chi connectivity index (χ4n) is 1.55. The zero-order valence-corrected chi connectivity index (χ0v) is 10.5. The lowest BCUT2D eigenvalue weighted by molar-refractivity contribution is 0.316. The van der Waals surface area contributed by atoms with Gasteiger partial charge in [0.05, 0.1) is 0 Å². The van der Waals surface area contributed by atoms with Crippen molar-refractivity contribution in [3.05, 3.63) is 29.0 Å². The zero-order chi connectivity index (χ0) is 12.0. The van der Waals surface area contributed by atoms with Crippen LogP contribution in [0.4, 0.5) is 10.1 Å². The van der Waals surface area contributed by atoms with Gasteiger partial charge in [-0.25, -0.2) is 4.39 Å². The molecular weight excluding hydrogens is 227 g/mol. The Bertz CT molecular complexity index is 307. The maximum Gasteiger partial charge on any atom is 0.126 e. The van der Waals surface area contributed by atoms with Crippen LogP contribution in [0.3, 0.4) is 0 Å². The molecule has 2 nitrogen and oxygen atoms in total. The van der Waals surface area contributed by atoms with Gasteiger partial charge in [-0.15, -0.1) is 0 Å². The minimum Gasteiger partial charge on any atom is -0.384 e. The van der Waals surface area contributed by atoms with Crippen LogP contribution in [0.1, 0.15) is 13.8 Å². The van der Waals surface area contributed by atoms with E-state index in [-0.39, 0.29) is 5.82 Å². The van der Waals surface area contributed by atoms with Gasteiger partial charge in [0.15, 0.2) is 0 Å². The van der Waals surface area contributed by atoms with Crippen molar-refractivity contribution < 1.29 is 4.39 Å². The molecule has 1 N–H and O–H groups in total. The van der Waals surface area contributed by atoms with E-state index in [0.29, 0.717) is 5.02 Å². The van der Waals surface area contributed by atoms with Crippen molar-refractivity contribution in [2.24, 2.45) is 0 Å². The summed E-state index contributed by atoms with van der Waals surface area (Å²) in [6.07, 6.45) is 0. The van der Waals surface area contributed by atoms with Gasteiger partial charge in [0.25, 0.3) is 0 Å². The van der Waals surface area contributed by atoms with Crippen LogP contribution < -0.4 is 5.32 Å². The molecule has 0 radical (unpaired) electrons. The van der Waals surface area contributed by atoms with E-state index in [4.69, 9.17) is 11.6 Å². The SMILES string of the molecule is CCN(CC)CCNc1cc(F)cc(Cl)c1. The molecule has 90 valence electrons. The summed E-state index contributed by atoms with van der Waals surface area (Å²) >= 11 is 5.76. The summed E-state index contributed by atoms with van der Waals surface area (Å²) in [5.41, 5.74) is 0.733. The van der Waals surface area contributed by atoms with Gasteiger partial charge in [0, 0.05) is 23.8 Å². The Kier molecular flexibility index (Phi) is 5.56. The molecule has 0 aromatic heterocycles. The molecule has 0 fully saturated rings. The normalized spacial score (nSPS) is 10.8. The molecule has 4 heteroatoms. The summed E-state index contributed by atoms with van der Waals surface area (Å²) < 4.78 is 13.0. The van der Waals surface area contributed by atoms with E-state index in [1.807, 2.05) is 0 Å². The van der Waals surface area contributed by atoms with Crippen LogP contribution >= 0.6 is 11.6 Å². The van der Waals surface area contributed by atoms with Crippen LogP contribution in [0.5, 0.6) is 0 Å². The number of halogens is 2. The minimum atomic E-state index is -0.308. The summed E-state index contributed by atoms with van der Waals surface area (Å²) in [4.78, 5) is 2.30. The highest BCUT2D eigenvalue weighted by Gasteiger charge is 2.00. The van der Waals surface area contributed by atoms with E-state index in [0.717, 1.165) is 31.9 Å². The number of anilines is 1. The largest absolute Gasteiger partial charge is 0.384 e. The third kappa shape index (κ3) is 4.37. The lowest BCUT2D eigenvalue weighted by Crippen LogP contribution is -2.28. The highest BCUT2D eigenvalue weighted by Crippen LogP contribution is 2.17. The van der Waals surface area contributed by atoms with Crippen LogP contribution in [0.25, 0.3) is 0 Å². The van der Waals surface area contributed by atoms with E-state index < -0.39 is 0 Å². The average molecular weight is 245 g/mol. The molecule has 0 unspecified atom stereocenters. The summed E-state index contributed by atoms with van der Waals surface area (Å²) in [6.45, 7) is 8.05. The Morgan fingerprint density at radius 2 is 1.94 bits per heavy atom. The van der Waals surface area contributed by atoms with Gasteiger partial charge in [0.1, 0.15) is 5.82 Å². The number of nitrogens with one attached hydrogen (secondary N) is 1. The molecule has 0 aliphatic heterocycles. The molecule has 0 bridgehead atoms. The molecule has 0 saturated heterocycles. The van der Waals surface area contributed by atoms with Gasteiger partial charge >= 0.3 is 0 Å². The standard InChI is InChI=1S/C12H18ClFN2/c1-3-16(4-2)6-5-15-12-8-10(13)7-11(14)9-12/h7-9,15H,3-6H2,1-2H3. The van der Waals surface area contributed by atoms with E-state index in [1.54, 1.807) is 6.07 Å². The molecule has 0 aliphatic rings. The van der Waals surface area contributed by atoms with Crippen LogP contribution in [-0.2, 0) is 0 Å². The van der Waals surface area contributed by atoms with Crippen molar-refractivity contribution in [2.45, 2.75) is 13.8 Å². The maximum atomic E-state index is 13.0. The van der Waals surface area contributed by atoms with Crippen LogP contribution in [0.2, 0.25) is 5.02 Å². The molecule has 0 aliphatic carbocycles. The highest BCUT2D eigenvalue weighted by atomic mass is 35.5. The molecule has 0 spiro atoms. The predicted octanol–water partition coefficient (Wildman–Crippen LogP) is 3.23. The second-order valence-corrected chi connectivity index (χ2v) is 4.05. The van der Waals surface area contributed by atoms with Crippen molar-refractivity contribution in [3.8, 4) is 0 Å². The summed E-state index contributed by atoms with van der Waals surface area (Å²) in [5.74, 6) is -0.308. The van der Waals surface area contributed by atoms with E-state index in [2.05, 4.69) is 24.1 Å². The topological polar surface area (TPSA) is 15.3 Å². The first-order chi connectivity index (χ1) is 7.65. The van der Waals surface area contributed by atoms with Crippen LogP contribution in [0.15, 0.2) is 18.2 Å². The van der Waals surface area contributed by atoms with Crippen molar-refractivity contribution >= 4 is 17.3 Å². The Balaban J connectivity index is 2.42. The third-order valence-electron chi connectivity index (χ3n) is 2.51. The van der Waals surface area contributed by atoms with Crippen LogP contribution in [-0.4, -0.2) is 31.1 Å². The van der Waals surface area contributed by atoms with Gasteiger partial charge in [-0.1, -0.05) is 25.4 Å². The molecule has 16 heavy (non-hydrogen) atoms. The van der Waals surface area contributed by atoms with Gasteiger partial charge in [-0.3, -0.25) is 0 Å². The molecule has 1 aromatic rings. The molecule has 0 amide bonds. The van der Waals surface area contributed by atoms with Gasteiger partial charge < -0.3 is 10.2 Å². The lowest BCUT2D eigenvalue weighted by Gasteiger charge is -2.18. The van der Waals surface area contributed by atoms with Crippen molar-refractivity contribution in [1.82, 2.24) is 4.90 Å². The third-order valence-corrected chi connectivity index (χ3v) is 2.73. The van der Waals surface area contributed by atoms with Gasteiger partial charge in [-0.05, 0) is 31.3 Å². The van der Waals surface area contributed by atoms with E-state index in [9.17, 15) is 4.39 Å². The van der Waals surface area contributed by atoms with Crippen molar-refractivity contribution in [3.63, 3.8) is 0 Å². The van der Waals surface area contributed by atoms with Crippen molar-refractivity contribution in [1.29, 1.82) is 0 Å². The quantitative estimate of drug-likeness (QED) is 0.827. The second kappa shape index (κ2) is 6.71. The number of hydrogen-bond acceptors (Lipinski definition) is 2. The minimum absolute atomic E-state index is 0.308. The first kappa shape index (κ1) is 13.3. The average Bonchev–Trinajstić information content (AvgIpc) is 2.23. The molecule has 0 saturated carbocycles. The molecule has 0 heterocycles. The summed E-state index contributed by atoms with van der Waals surface area (Å²) in [7, 11) is 0. The van der Waals surface area contributed by atoms with Crippen LogP contribution in [0, 0.1) is 5.82 Å².